The van der Waals surface area contributed by atoms with Crippen molar-refractivity contribution in [3.63, 3.8) is 0 Å². The molecule has 3 N–H and O–H groups in total. The first-order valence-electron chi connectivity index (χ1n) is 9.98. The molecule has 1 aliphatic carbocycles. The lowest BCUT2D eigenvalue weighted by Crippen LogP contribution is -2.58. The average Bonchev–Trinajstić information content (AvgIpc) is 2.63. The summed E-state index contributed by atoms with van der Waals surface area (Å²) in [5, 5.41) is 15.0. The molecule has 2 aliphatic rings. The maximum absolute atomic E-state index is 13.5. The zero-order valence-corrected chi connectivity index (χ0v) is 16.2. The van der Waals surface area contributed by atoms with Gasteiger partial charge in [-0.1, -0.05) is 13.0 Å². The van der Waals surface area contributed by atoms with Crippen molar-refractivity contribution in [1.82, 2.24) is 15.5 Å². The number of aliphatic carboxylic acids is 1. The third-order valence-corrected chi connectivity index (χ3v) is 5.64. The van der Waals surface area contributed by atoms with Crippen LogP contribution in [-0.4, -0.2) is 66.3 Å². The normalized spacial score (nSPS) is 24.5. The van der Waals surface area contributed by atoms with E-state index in [4.69, 9.17) is 5.11 Å². The molecule has 2 fully saturated rings. The zero-order chi connectivity index (χ0) is 20.1. The number of hydrogen-bond donors (Lipinski definition) is 3. The number of carbonyl (C=O) groups is 2. The van der Waals surface area contributed by atoms with Crippen LogP contribution in [0.1, 0.15) is 32.6 Å². The standard InChI is InChI=1S/C20H29FN4O3/c1-2-24(13-19(26)27)18-10-16(11-18)23-20(28)22-15-6-4-8-25(12-15)17-7-3-5-14(21)9-17/h3,5,7,9,15-16,18H,2,4,6,8,10-13H2,1H3,(H,26,27)(H2,22,23,28). The van der Waals surface area contributed by atoms with E-state index >= 15 is 0 Å². The molecule has 2 amide bonds. The lowest BCUT2D eigenvalue weighted by molar-refractivity contribution is -0.139. The van der Waals surface area contributed by atoms with Gasteiger partial charge >= 0.3 is 12.0 Å². The van der Waals surface area contributed by atoms with Gasteiger partial charge in [0, 0.05) is 36.9 Å². The predicted molar refractivity (Wildman–Crippen MR) is 105 cm³/mol. The summed E-state index contributed by atoms with van der Waals surface area (Å²) < 4.78 is 13.5. The number of benzene rings is 1. The van der Waals surface area contributed by atoms with E-state index in [2.05, 4.69) is 15.5 Å². The van der Waals surface area contributed by atoms with E-state index in [0.29, 0.717) is 13.1 Å². The van der Waals surface area contributed by atoms with Crippen LogP contribution in [0.5, 0.6) is 0 Å². The second-order valence-electron chi connectivity index (χ2n) is 7.66. The molecule has 1 aliphatic heterocycles. The van der Waals surface area contributed by atoms with Crippen LogP contribution in [0.25, 0.3) is 0 Å². The number of amides is 2. The van der Waals surface area contributed by atoms with Gasteiger partial charge in [0.05, 0.1) is 6.54 Å². The van der Waals surface area contributed by atoms with Crippen LogP contribution in [0, 0.1) is 5.82 Å². The van der Waals surface area contributed by atoms with Crippen LogP contribution in [0.15, 0.2) is 24.3 Å². The summed E-state index contributed by atoms with van der Waals surface area (Å²) in [5.74, 6) is -1.08. The Labute approximate surface area is 164 Å². The second kappa shape index (κ2) is 9.23. The third kappa shape index (κ3) is 5.34. The number of piperidine rings is 1. The molecule has 1 unspecified atom stereocenters. The number of halogens is 1. The number of nitrogens with zero attached hydrogens (tertiary/aromatic N) is 2. The molecule has 0 spiro atoms. The molecule has 1 heterocycles. The Kier molecular flexibility index (Phi) is 6.72. The Bertz CT molecular complexity index is 696. The van der Waals surface area contributed by atoms with Crippen molar-refractivity contribution in [2.75, 3.05) is 31.1 Å². The van der Waals surface area contributed by atoms with E-state index in [1.165, 1.54) is 12.1 Å². The summed E-state index contributed by atoms with van der Waals surface area (Å²) >= 11 is 0. The summed E-state index contributed by atoms with van der Waals surface area (Å²) in [7, 11) is 0. The van der Waals surface area contributed by atoms with Crippen LogP contribution in [0.4, 0.5) is 14.9 Å². The van der Waals surface area contributed by atoms with Crippen LogP contribution >= 0.6 is 0 Å². The number of urea groups is 1. The quantitative estimate of drug-likeness (QED) is 0.661. The van der Waals surface area contributed by atoms with E-state index in [1.54, 1.807) is 6.07 Å². The Morgan fingerprint density at radius 2 is 2.04 bits per heavy atom. The minimum atomic E-state index is -0.823. The van der Waals surface area contributed by atoms with Gasteiger partial charge in [-0.2, -0.15) is 0 Å². The number of hydrogen-bond acceptors (Lipinski definition) is 4. The van der Waals surface area contributed by atoms with Crippen molar-refractivity contribution in [2.24, 2.45) is 0 Å². The number of carbonyl (C=O) groups excluding carboxylic acids is 1. The van der Waals surface area contributed by atoms with Crippen molar-refractivity contribution < 1.29 is 19.1 Å². The topological polar surface area (TPSA) is 84.9 Å². The summed E-state index contributed by atoms with van der Waals surface area (Å²) in [4.78, 5) is 27.2. The fraction of sp³-hybridized carbons (Fsp3) is 0.600. The second-order valence-corrected chi connectivity index (χ2v) is 7.66. The summed E-state index contributed by atoms with van der Waals surface area (Å²) in [6.45, 7) is 4.19. The molecule has 8 heteroatoms. The molecule has 3 rings (SSSR count). The van der Waals surface area contributed by atoms with Crippen molar-refractivity contribution in [1.29, 1.82) is 0 Å². The van der Waals surface area contributed by atoms with Gasteiger partial charge in [-0.3, -0.25) is 9.69 Å². The Hall–Kier alpha value is -2.35. The largest absolute Gasteiger partial charge is 0.480 e. The van der Waals surface area contributed by atoms with Crippen molar-refractivity contribution in [2.45, 2.75) is 50.7 Å². The van der Waals surface area contributed by atoms with Crippen LogP contribution in [-0.2, 0) is 4.79 Å². The maximum Gasteiger partial charge on any atom is 0.317 e. The summed E-state index contributed by atoms with van der Waals surface area (Å²) in [6, 6.07) is 6.66. The molecule has 154 valence electrons. The first-order valence-corrected chi connectivity index (χ1v) is 9.98. The Morgan fingerprint density at radius 3 is 2.71 bits per heavy atom. The minimum absolute atomic E-state index is 0.0204. The first-order chi connectivity index (χ1) is 13.4. The molecular formula is C20H29FN4O3. The first kappa shape index (κ1) is 20.4. The monoisotopic (exact) mass is 392 g/mol. The van der Waals surface area contributed by atoms with Crippen molar-refractivity contribution >= 4 is 17.7 Å². The van der Waals surface area contributed by atoms with Gasteiger partial charge in [-0.15, -0.1) is 0 Å². The fourth-order valence-corrected chi connectivity index (χ4v) is 4.09. The fourth-order valence-electron chi connectivity index (χ4n) is 4.09. The van der Waals surface area contributed by atoms with Crippen LogP contribution in [0.2, 0.25) is 0 Å². The summed E-state index contributed by atoms with van der Waals surface area (Å²) in [5.41, 5.74) is 0.840. The van der Waals surface area contributed by atoms with Gasteiger partial charge in [0.25, 0.3) is 0 Å². The molecule has 1 saturated heterocycles. The van der Waals surface area contributed by atoms with Gasteiger partial charge in [0.2, 0.25) is 0 Å². The van der Waals surface area contributed by atoms with Gasteiger partial charge in [-0.05, 0) is 50.4 Å². The molecule has 0 radical (unpaired) electrons. The van der Waals surface area contributed by atoms with E-state index in [1.807, 2.05) is 17.9 Å². The molecule has 1 atom stereocenters. The molecule has 28 heavy (non-hydrogen) atoms. The smallest absolute Gasteiger partial charge is 0.317 e. The molecule has 0 bridgehead atoms. The number of rotatable bonds is 7. The van der Waals surface area contributed by atoms with E-state index in [9.17, 15) is 14.0 Å². The highest BCUT2D eigenvalue weighted by atomic mass is 19.1. The van der Waals surface area contributed by atoms with Gasteiger partial charge in [-0.25, -0.2) is 9.18 Å². The molecular weight excluding hydrogens is 363 g/mol. The van der Waals surface area contributed by atoms with Crippen LogP contribution in [0.3, 0.4) is 0 Å². The molecule has 1 saturated carbocycles. The highest BCUT2D eigenvalue weighted by Gasteiger charge is 2.35. The average molecular weight is 392 g/mol. The number of carboxylic acid groups (broad SMARTS) is 1. The number of nitrogens with one attached hydrogen (secondary N) is 2. The highest BCUT2D eigenvalue weighted by molar-refractivity contribution is 5.75. The zero-order valence-electron chi connectivity index (χ0n) is 16.2. The van der Waals surface area contributed by atoms with Gasteiger partial charge in [0.15, 0.2) is 0 Å². The van der Waals surface area contributed by atoms with Gasteiger partial charge in [0.1, 0.15) is 5.82 Å². The molecule has 1 aromatic rings. The van der Waals surface area contributed by atoms with Crippen molar-refractivity contribution in [3.8, 4) is 0 Å². The maximum atomic E-state index is 13.5. The van der Waals surface area contributed by atoms with Gasteiger partial charge < -0.3 is 20.6 Å². The number of carboxylic acids is 1. The minimum Gasteiger partial charge on any atom is -0.480 e. The van der Waals surface area contributed by atoms with E-state index in [-0.39, 0.29) is 36.5 Å². The SMILES string of the molecule is CCN(CC(=O)O)C1CC(NC(=O)NC2CCCN(c3cccc(F)c3)C2)C1. The number of anilines is 1. The van der Waals surface area contributed by atoms with Crippen molar-refractivity contribution in [3.05, 3.63) is 30.1 Å². The Balaban J connectivity index is 1.42. The Morgan fingerprint density at radius 1 is 1.29 bits per heavy atom. The molecule has 0 aromatic heterocycles. The third-order valence-electron chi connectivity index (χ3n) is 5.64. The number of likely N-dealkylation sites (N-methyl/N-ethyl adjacent to an activating group) is 1. The summed E-state index contributed by atoms with van der Waals surface area (Å²) in [6.07, 6.45) is 3.38. The predicted octanol–water partition coefficient (Wildman–Crippen LogP) is 2.03. The molecule has 7 nitrogen and oxygen atoms in total. The lowest BCUT2D eigenvalue weighted by Gasteiger charge is -2.42. The lowest BCUT2D eigenvalue weighted by atomic mass is 9.85. The van der Waals surface area contributed by atoms with E-state index < -0.39 is 5.97 Å². The molecule has 1 aromatic carbocycles. The van der Waals surface area contributed by atoms with Crippen LogP contribution < -0.4 is 15.5 Å². The van der Waals surface area contributed by atoms with E-state index in [0.717, 1.165) is 37.9 Å². The highest BCUT2D eigenvalue weighted by Crippen LogP contribution is 2.25.